The van der Waals surface area contributed by atoms with Crippen LogP contribution in [0.4, 0.5) is 0 Å². The number of nitrogens with one attached hydrogen (secondary N) is 1. The van der Waals surface area contributed by atoms with Crippen LogP contribution in [0.3, 0.4) is 0 Å². The van der Waals surface area contributed by atoms with Crippen LogP contribution in [-0.4, -0.2) is 28.1 Å². The predicted molar refractivity (Wildman–Crippen MR) is 94.2 cm³/mol. The highest BCUT2D eigenvalue weighted by Gasteiger charge is 2.11. The topological polar surface area (TPSA) is 46.4 Å². The molecule has 4 nitrogen and oxygen atoms in total. The van der Waals surface area contributed by atoms with E-state index in [1.165, 1.54) is 10.5 Å². The van der Waals surface area contributed by atoms with Crippen LogP contribution in [0.5, 0.6) is 0 Å². The number of hydrogen-bond donors (Lipinski definition) is 1. The number of carbonyl (C=O) groups is 1. The largest absolute Gasteiger partial charge is 0.352 e. The molecule has 1 aromatic carbocycles. The summed E-state index contributed by atoms with van der Waals surface area (Å²) in [7, 11) is 0. The first-order chi connectivity index (χ1) is 11.2. The van der Waals surface area contributed by atoms with Crippen LogP contribution in [0.25, 0.3) is 5.52 Å². The second-order valence-electron chi connectivity index (χ2n) is 5.37. The minimum Gasteiger partial charge on any atom is -0.352 e. The number of nitrogens with zero attached hydrogens (tertiary/aromatic N) is 2. The number of benzene rings is 1. The van der Waals surface area contributed by atoms with E-state index in [-0.39, 0.29) is 5.91 Å². The van der Waals surface area contributed by atoms with Crippen LogP contribution in [0.15, 0.2) is 53.8 Å². The van der Waals surface area contributed by atoms with Crippen molar-refractivity contribution in [2.45, 2.75) is 18.2 Å². The highest BCUT2D eigenvalue weighted by atomic mass is 32.2. The number of thioether (sulfide) groups is 1. The van der Waals surface area contributed by atoms with Crippen molar-refractivity contribution in [2.75, 3.05) is 12.8 Å². The molecule has 1 N–H and O–H groups in total. The van der Waals surface area contributed by atoms with Gasteiger partial charge in [-0.1, -0.05) is 12.1 Å². The van der Waals surface area contributed by atoms with Crippen molar-refractivity contribution in [3.8, 4) is 0 Å². The lowest BCUT2D eigenvalue weighted by atomic mass is 10.1. The third kappa shape index (κ3) is 3.40. The molecular weight excluding hydrogens is 306 g/mol. The van der Waals surface area contributed by atoms with Crippen LogP contribution in [0, 0.1) is 6.92 Å². The SMILES string of the molecule is CSc1ccc(CCNC(=O)c2ccc3cncn3c2C)cc1. The smallest absolute Gasteiger partial charge is 0.253 e. The molecule has 0 bridgehead atoms. The zero-order chi connectivity index (χ0) is 16.2. The van der Waals surface area contributed by atoms with Crippen LogP contribution >= 0.6 is 11.8 Å². The fourth-order valence-corrected chi connectivity index (χ4v) is 2.98. The Morgan fingerprint density at radius 1 is 1.22 bits per heavy atom. The normalized spacial score (nSPS) is 10.9. The zero-order valence-electron chi connectivity index (χ0n) is 13.2. The first-order valence-corrected chi connectivity index (χ1v) is 8.74. The van der Waals surface area contributed by atoms with Crippen LogP contribution in [0.1, 0.15) is 21.6 Å². The molecule has 118 valence electrons. The van der Waals surface area contributed by atoms with Crippen molar-refractivity contribution < 1.29 is 4.79 Å². The van der Waals surface area contributed by atoms with E-state index in [0.717, 1.165) is 17.6 Å². The number of aromatic nitrogens is 2. The Balaban J connectivity index is 1.62. The Bertz CT molecular complexity index is 824. The maximum absolute atomic E-state index is 12.4. The Morgan fingerprint density at radius 2 is 2.00 bits per heavy atom. The van der Waals surface area contributed by atoms with E-state index in [2.05, 4.69) is 40.8 Å². The predicted octanol–water partition coefficient (Wildman–Crippen LogP) is 3.34. The fraction of sp³-hybridized carbons (Fsp3) is 0.222. The molecule has 5 heteroatoms. The molecule has 3 rings (SSSR count). The molecule has 0 fully saturated rings. The Hall–Kier alpha value is -2.27. The van der Waals surface area contributed by atoms with Gasteiger partial charge in [-0.15, -0.1) is 11.8 Å². The molecule has 23 heavy (non-hydrogen) atoms. The van der Waals surface area contributed by atoms with Gasteiger partial charge in [-0.3, -0.25) is 4.79 Å². The van der Waals surface area contributed by atoms with E-state index in [9.17, 15) is 4.79 Å². The Labute approximate surface area is 139 Å². The molecule has 0 aliphatic carbocycles. The average Bonchev–Trinajstić information content (AvgIpc) is 3.05. The van der Waals surface area contributed by atoms with Gasteiger partial charge in [-0.25, -0.2) is 4.98 Å². The van der Waals surface area contributed by atoms with Crippen LogP contribution in [0.2, 0.25) is 0 Å². The highest BCUT2D eigenvalue weighted by molar-refractivity contribution is 7.98. The third-order valence-corrected chi connectivity index (χ3v) is 4.69. The summed E-state index contributed by atoms with van der Waals surface area (Å²) in [6, 6.07) is 12.2. The van der Waals surface area contributed by atoms with Crippen molar-refractivity contribution in [3.05, 3.63) is 65.7 Å². The Morgan fingerprint density at radius 3 is 2.74 bits per heavy atom. The van der Waals surface area contributed by atoms with Gasteiger partial charge in [-0.05, 0) is 49.4 Å². The number of pyridine rings is 1. The first kappa shape index (κ1) is 15.6. The number of amides is 1. The number of fused-ring (bicyclic) bond motifs is 1. The minimum absolute atomic E-state index is 0.0427. The molecule has 0 radical (unpaired) electrons. The van der Waals surface area contributed by atoms with Gasteiger partial charge in [0.1, 0.15) is 0 Å². The quantitative estimate of drug-likeness (QED) is 0.732. The summed E-state index contributed by atoms with van der Waals surface area (Å²) in [5.41, 5.74) is 3.81. The Kier molecular flexibility index (Phi) is 4.67. The van der Waals surface area contributed by atoms with Crippen molar-refractivity contribution >= 4 is 23.2 Å². The van der Waals surface area contributed by atoms with E-state index in [1.54, 1.807) is 24.3 Å². The molecule has 0 saturated carbocycles. The molecule has 3 aromatic rings. The standard InChI is InChI=1S/C18H19N3OS/c1-13-17(8-5-15-11-19-12-21(13)15)18(22)20-10-9-14-3-6-16(23-2)7-4-14/h3-8,11-12H,9-10H2,1-2H3,(H,20,22). The first-order valence-electron chi connectivity index (χ1n) is 7.52. The second-order valence-corrected chi connectivity index (χ2v) is 6.25. The summed E-state index contributed by atoms with van der Waals surface area (Å²) in [6.45, 7) is 2.56. The van der Waals surface area contributed by atoms with Crippen LogP contribution < -0.4 is 5.32 Å². The van der Waals surface area contributed by atoms with Crippen molar-refractivity contribution in [2.24, 2.45) is 0 Å². The maximum Gasteiger partial charge on any atom is 0.253 e. The highest BCUT2D eigenvalue weighted by Crippen LogP contribution is 2.15. The fourth-order valence-electron chi connectivity index (χ4n) is 2.58. The van der Waals surface area contributed by atoms with Gasteiger partial charge in [-0.2, -0.15) is 0 Å². The molecule has 0 aliphatic rings. The number of carbonyl (C=O) groups excluding carboxylic acids is 1. The van der Waals surface area contributed by atoms with Crippen molar-refractivity contribution in [1.29, 1.82) is 0 Å². The lowest BCUT2D eigenvalue weighted by Gasteiger charge is -2.09. The molecule has 0 unspecified atom stereocenters. The lowest BCUT2D eigenvalue weighted by Crippen LogP contribution is -2.26. The van der Waals surface area contributed by atoms with E-state index in [1.807, 2.05) is 23.5 Å². The molecule has 2 heterocycles. The van der Waals surface area contributed by atoms with Gasteiger partial charge in [0.05, 0.1) is 23.6 Å². The summed E-state index contributed by atoms with van der Waals surface area (Å²) < 4.78 is 1.93. The lowest BCUT2D eigenvalue weighted by molar-refractivity contribution is 0.0953. The van der Waals surface area contributed by atoms with Gasteiger partial charge in [0, 0.05) is 17.1 Å². The second kappa shape index (κ2) is 6.87. The maximum atomic E-state index is 12.4. The number of aryl methyl sites for hydroxylation is 1. The van der Waals surface area contributed by atoms with E-state index in [4.69, 9.17) is 0 Å². The van der Waals surface area contributed by atoms with Crippen molar-refractivity contribution in [1.82, 2.24) is 14.7 Å². The summed E-state index contributed by atoms with van der Waals surface area (Å²) in [5.74, 6) is -0.0427. The summed E-state index contributed by atoms with van der Waals surface area (Å²) in [5, 5.41) is 3.00. The molecule has 0 saturated heterocycles. The minimum atomic E-state index is -0.0427. The summed E-state index contributed by atoms with van der Waals surface area (Å²) in [4.78, 5) is 17.7. The number of rotatable bonds is 5. The van der Waals surface area contributed by atoms with Gasteiger partial charge < -0.3 is 9.72 Å². The van der Waals surface area contributed by atoms with E-state index < -0.39 is 0 Å². The molecular formula is C18H19N3OS. The molecule has 0 atom stereocenters. The molecule has 1 amide bonds. The summed E-state index contributed by atoms with van der Waals surface area (Å²) in [6.07, 6.45) is 6.41. The molecule has 0 aliphatic heterocycles. The molecule has 2 aromatic heterocycles. The average molecular weight is 325 g/mol. The number of hydrogen-bond acceptors (Lipinski definition) is 3. The molecule has 0 spiro atoms. The van der Waals surface area contributed by atoms with E-state index >= 15 is 0 Å². The van der Waals surface area contributed by atoms with Gasteiger partial charge in [0.2, 0.25) is 0 Å². The zero-order valence-corrected chi connectivity index (χ0v) is 14.1. The monoisotopic (exact) mass is 325 g/mol. The van der Waals surface area contributed by atoms with Crippen LogP contribution in [-0.2, 0) is 6.42 Å². The van der Waals surface area contributed by atoms with Gasteiger partial charge in [0.25, 0.3) is 5.91 Å². The van der Waals surface area contributed by atoms with Gasteiger partial charge in [0.15, 0.2) is 0 Å². The number of imidazole rings is 1. The van der Waals surface area contributed by atoms with Crippen molar-refractivity contribution in [3.63, 3.8) is 0 Å². The van der Waals surface area contributed by atoms with E-state index in [0.29, 0.717) is 12.1 Å². The third-order valence-electron chi connectivity index (χ3n) is 3.94. The van der Waals surface area contributed by atoms with Gasteiger partial charge >= 0.3 is 0 Å². The summed E-state index contributed by atoms with van der Waals surface area (Å²) >= 11 is 1.73.